The average molecular weight is 298 g/mol. The van der Waals surface area contributed by atoms with Crippen LogP contribution in [0.1, 0.15) is 24.1 Å². The van der Waals surface area contributed by atoms with Crippen molar-refractivity contribution in [2.75, 3.05) is 0 Å². The Kier molecular flexibility index (Phi) is 4.81. The molecule has 1 N–H and O–H groups in total. The van der Waals surface area contributed by atoms with E-state index in [9.17, 15) is 4.39 Å². The lowest BCUT2D eigenvalue weighted by Crippen LogP contribution is -2.18. The molecule has 1 atom stereocenters. The molecular formula is C15H14Cl2FN. The lowest BCUT2D eigenvalue weighted by atomic mass is 10.1. The SMILES string of the molecule is C[C@H](NCc1cccc(Cl)c1Cl)c1cccc(F)c1. The molecule has 0 spiro atoms. The lowest BCUT2D eigenvalue weighted by molar-refractivity contribution is 0.565. The summed E-state index contributed by atoms with van der Waals surface area (Å²) in [6.07, 6.45) is 0. The Morgan fingerprint density at radius 3 is 2.63 bits per heavy atom. The van der Waals surface area contributed by atoms with Crippen LogP contribution in [0, 0.1) is 5.82 Å². The van der Waals surface area contributed by atoms with Crippen molar-refractivity contribution >= 4 is 23.2 Å². The van der Waals surface area contributed by atoms with Gasteiger partial charge >= 0.3 is 0 Å². The van der Waals surface area contributed by atoms with Crippen LogP contribution < -0.4 is 5.32 Å². The third kappa shape index (κ3) is 3.69. The van der Waals surface area contributed by atoms with E-state index in [0.717, 1.165) is 11.1 Å². The fraction of sp³-hybridized carbons (Fsp3) is 0.200. The highest BCUT2D eigenvalue weighted by molar-refractivity contribution is 6.42. The molecule has 0 fully saturated rings. The molecule has 0 bridgehead atoms. The van der Waals surface area contributed by atoms with Crippen LogP contribution in [-0.2, 0) is 6.54 Å². The van der Waals surface area contributed by atoms with E-state index in [-0.39, 0.29) is 11.9 Å². The highest BCUT2D eigenvalue weighted by Crippen LogP contribution is 2.26. The summed E-state index contributed by atoms with van der Waals surface area (Å²) in [6.45, 7) is 2.56. The van der Waals surface area contributed by atoms with Gasteiger partial charge in [0, 0.05) is 12.6 Å². The fourth-order valence-corrected chi connectivity index (χ4v) is 2.23. The minimum Gasteiger partial charge on any atom is -0.306 e. The van der Waals surface area contributed by atoms with Crippen molar-refractivity contribution in [3.05, 3.63) is 69.5 Å². The molecule has 0 amide bonds. The zero-order valence-electron chi connectivity index (χ0n) is 10.5. The van der Waals surface area contributed by atoms with E-state index in [1.165, 1.54) is 12.1 Å². The Bertz CT molecular complexity index is 572. The van der Waals surface area contributed by atoms with Gasteiger partial charge in [-0.25, -0.2) is 4.39 Å². The quantitative estimate of drug-likeness (QED) is 0.839. The van der Waals surface area contributed by atoms with Gasteiger partial charge in [0.15, 0.2) is 0 Å². The molecule has 0 unspecified atom stereocenters. The van der Waals surface area contributed by atoms with E-state index in [0.29, 0.717) is 16.6 Å². The molecule has 2 aromatic rings. The highest BCUT2D eigenvalue weighted by Gasteiger charge is 2.08. The number of nitrogens with one attached hydrogen (secondary N) is 1. The van der Waals surface area contributed by atoms with E-state index >= 15 is 0 Å². The van der Waals surface area contributed by atoms with E-state index in [1.54, 1.807) is 12.1 Å². The standard InChI is InChI=1S/C15H14Cl2FN/c1-10(11-4-2-6-13(18)8-11)19-9-12-5-3-7-14(16)15(12)17/h2-8,10,19H,9H2,1H3/t10-/m0/s1. The number of halogens is 3. The van der Waals surface area contributed by atoms with Crippen LogP contribution in [-0.4, -0.2) is 0 Å². The Hall–Kier alpha value is -1.09. The van der Waals surface area contributed by atoms with Gasteiger partial charge in [0.1, 0.15) is 5.82 Å². The minimum absolute atomic E-state index is 0.0331. The van der Waals surface area contributed by atoms with Crippen molar-refractivity contribution < 1.29 is 4.39 Å². The number of hydrogen-bond donors (Lipinski definition) is 1. The molecule has 0 heterocycles. The van der Waals surface area contributed by atoms with Gasteiger partial charge in [0.25, 0.3) is 0 Å². The van der Waals surface area contributed by atoms with Gasteiger partial charge < -0.3 is 5.32 Å². The molecule has 4 heteroatoms. The third-order valence-electron chi connectivity index (χ3n) is 2.98. The largest absolute Gasteiger partial charge is 0.306 e. The smallest absolute Gasteiger partial charge is 0.123 e. The maximum atomic E-state index is 13.1. The average Bonchev–Trinajstić information content (AvgIpc) is 2.40. The first kappa shape index (κ1) is 14.3. The summed E-state index contributed by atoms with van der Waals surface area (Å²) in [7, 11) is 0. The Morgan fingerprint density at radius 1 is 1.16 bits per heavy atom. The third-order valence-corrected chi connectivity index (χ3v) is 3.84. The molecule has 0 saturated heterocycles. The van der Waals surface area contributed by atoms with E-state index in [2.05, 4.69) is 5.32 Å². The van der Waals surface area contributed by atoms with Crippen LogP contribution in [0.15, 0.2) is 42.5 Å². The van der Waals surface area contributed by atoms with Crippen LogP contribution in [0.2, 0.25) is 10.0 Å². The molecule has 0 saturated carbocycles. The summed E-state index contributed by atoms with van der Waals surface area (Å²) >= 11 is 12.1. The fourth-order valence-electron chi connectivity index (χ4n) is 1.84. The first-order valence-corrected chi connectivity index (χ1v) is 6.75. The van der Waals surface area contributed by atoms with Gasteiger partial charge in [-0.2, -0.15) is 0 Å². The van der Waals surface area contributed by atoms with Crippen LogP contribution in [0.25, 0.3) is 0 Å². The zero-order valence-corrected chi connectivity index (χ0v) is 12.0. The van der Waals surface area contributed by atoms with Gasteiger partial charge in [-0.15, -0.1) is 0 Å². The summed E-state index contributed by atoms with van der Waals surface area (Å²) in [4.78, 5) is 0. The van der Waals surface area contributed by atoms with Crippen LogP contribution in [0.3, 0.4) is 0 Å². The molecule has 100 valence electrons. The first-order chi connectivity index (χ1) is 9.08. The van der Waals surface area contributed by atoms with Gasteiger partial charge in [0.2, 0.25) is 0 Å². The summed E-state index contributed by atoms with van der Waals surface area (Å²) in [5.74, 6) is -0.230. The predicted molar refractivity (Wildman–Crippen MR) is 78.1 cm³/mol. The summed E-state index contributed by atoms with van der Waals surface area (Å²) in [5, 5.41) is 4.40. The van der Waals surface area contributed by atoms with Crippen LogP contribution in [0.5, 0.6) is 0 Å². The molecule has 19 heavy (non-hydrogen) atoms. The first-order valence-electron chi connectivity index (χ1n) is 5.99. The van der Waals surface area contributed by atoms with Gasteiger partial charge in [-0.3, -0.25) is 0 Å². The molecule has 0 aromatic heterocycles. The summed E-state index contributed by atoms with van der Waals surface area (Å²) in [6, 6.07) is 12.1. The zero-order chi connectivity index (χ0) is 13.8. The van der Waals surface area contributed by atoms with Crippen LogP contribution >= 0.6 is 23.2 Å². The maximum Gasteiger partial charge on any atom is 0.123 e. The van der Waals surface area contributed by atoms with E-state index < -0.39 is 0 Å². The normalized spacial score (nSPS) is 12.4. The lowest BCUT2D eigenvalue weighted by Gasteiger charge is -2.15. The molecule has 0 aliphatic carbocycles. The van der Waals surface area contributed by atoms with Crippen molar-refractivity contribution in [1.29, 1.82) is 0 Å². The molecule has 0 radical (unpaired) electrons. The molecule has 1 nitrogen and oxygen atoms in total. The Morgan fingerprint density at radius 2 is 1.89 bits per heavy atom. The number of benzene rings is 2. The maximum absolute atomic E-state index is 13.1. The van der Waals surface area contributed by atoms with Gasteiger partial charge in [-0.05, 0) is 36.2 Å². The molecule has 2 aromatic carbocycles. The summed E-state index contributed by atoms with van der Waals surface area (Å²) < 4.78 is 13.1. The second-order valence-corrected chi connectivity index (χ2v) is 5.16. The minimum atomic E-state index is -0.230. The van der Waals surface area contributed by atoms with Crippen molar-refractivity contribution in [3.63, 3.8) is 0 Å². The summed E-state index contributed by atoms with van der Waals surface area (Å²) in [5.41, 5.74) is 1.83. The molecular weight excluding hydrogens is 284 g/mol. The Labute approximate surface area is 122 Å². The number of hydrogen-bond acceptors (Lipinski definition) is 1. The molecule has 2 rings (SSSR count). The van der Waals surface area contributed by atoms with Crippen molar-refractivity contribution in [1.82, 2.24) is 5.32 Å². The number of rotatable bonds is 4. The monoisotopic (exact) mass is 297 g/mol. The van der Waals surface area contributed by atoms with Crippen LogP contribution in [0.4, 0.5) is 4.39 Å². The van der Waals surface area contributed by atoms with Crippen molar-refractivity contribution in [2.45, 2.75) is 19.5 Å². The second kappa shape index (κ2) is 6.38. The van der Waals surface area contributed by atoms with Gasteiger partial charge in [-0.1, -0.05) is 47.5 Å². The second-order valence-electron chi connectivity index (χ2n) is 4.37. The predicted octanol–water partition coefficient (Wildman–Crippen LogP) is 4.98. The highest BCUT2D eigenvalue weighted by atomic mass is 35.5. The molecule has 0 aliphatic heterocycles. The topological polar surface area (TPSA) is 12.0 Å². The van der Waals surface area contributed by atoms with E-state index in [4.69, 9.17) is 23.2 Å². The molecule has 0 aliphatic rings. The van der Waals surface area contributed by atoms with E-state index in [1.807, 2.05) is 25.1 Å². The Balaban J connectivity index is 2.04. The van der Waals surface area contributed by atoms with Crippen molar-refractivity contribution in [3.8, 4) is 0 Å². The van der Waals surface area contributed by atoms with Crippen molar-refractivity contribution in [2.24, 2.45) is 0 Å². The van der Waals surface area contributed by atoms with Gasteiger partial charge in [0.05, 0.1) is 10.0 Å².